The third kappa shape index (κ3) is 2.98. The zero-order valence-electron chi connectivity index (χ0n) is 10.2. The van der Waals surface area contributed by atoms with Crippen LogP contribution in [0.15, 0.2) is 18.3 Å². The summed E-state index contributed by atoms with van der Waals surface area (Å²) in [7, 11) is 0. The number of anilines is 1. The Hall–Kier alpha value is -2.09. The second-order valence-corrected chi connectivity index (χ2v) is 4.62. The quantitative estimate of drug-likeness (QED) is 0.861. The molecule has 0 saturated carbocycles. The van der Waals surface area contributed by atoms with Gasteiger partial charge in [-0.25, -0.2) is 4.98 Å². The number of nitriles is 1. The van der Waals surface area contributed by atoms with Crippen LogP contribution < -0.4 is 10.6 Å². The highest BCUT2D eigenvalue weighted by Gasteiger charge is 2.21. The Morgan fingerprint density at radius 2 is 2.22 bits per heavy atom. The van der Waals surface area contributed by atoms with Crippen LogP contribution in [0.4, 0.5) is 5.82 Å². The summed E-state index contributed by atoms with van der Waals surface area (Å²) in [6, 6.07) is 5.70. The van der Waals surface area contributed by atoms with Crippen molar-refractivity contribution in [1.82, 2.24) is 4.98 Å². The van der Waals surface area contributed by atoms with Gasteiger partial charge in [-0.3, -0.25) is 4.79 Å². The Balaban J connectivity index is 1.93. The zero-order valence-corrected chi connectivity index (χ0v) is 10.2. The molecule has 5 heteroatoms. The highest BCUT2D eigenvalue weighted by Crippen LogP contribution is 2.23. The topological polar surface area (TPSA) is 83.0 Å². The first-order valence-electron chi connectivity index (χ1n) is 6.08. The van der Waals surface area contributed by atoms with Gasteiger partial charge in [-0.05, 0) is 30.9 Å². The Kier molecular flexibility index (Phi) is 3.78. The van der Waals surface area contributed by atoms with E-state index in [-0.39, 0.29) is 5.91 Å². The molecule has 0 atom stereocenters. The number of primary amides is 1. The van der Waals surface area contributed by atoms with Crippen molar-refractivity contribution in [2.75, 3.05) is 18.0 Å². The molecule has 2 N–H and O–H groups in total. The predicted molar refractivity (Wildman–Crippen MR) is 67.7 cm³/mol. The van der Waals surface area contributed by atoms with Gasteiger partial charge in [0.15, 0.2) is 0 Å². The molecule has 1 fully saturated rings. The number of hydrogen-bond donors (Lipinski definition) is 1. The summed E-state index contributed by atoms with van der Waals surface area (Å²) < 4.78 is 0. The fourth-order valence-corrected chi connectivity index (χ4v) is 2.29. The van der Waals surface area contributed by atoms with E-state index in [1.54, 1.807) is 12.3 Å². The van der Waals surface area contributed by atoms with Gasteiger partial charge in [0.05, 0.1) is 5.56 Å². The first kappa shape index (κ1) is 12.4. The van der Waals surface area contributed by atoms with Crippen molar-refractivity contribution in [3.63, 3.8) is 0 Å². The van der Waals surface area contributed by atoms with Crippen LogP contribution in [0.3, 0.4) is 0 Å². The molecule has 1 saturated heterocycles. The van der Waals surface area contributed by atoms with Crippen molar-refractivity contribution in [3.05, 3.63) is 23.9 Å². The zero-order chi connectivity index (χ0) is 13.0. The summed E-state index contributed by atoms with van der Waals surface area (Å²) in [6.45, 7) is 1.77. The lowest BCUT2D eigenvalue weighted by molar-refractivity contribution is -0.119. The van der Waals surface area contributed by atoms with Crippen LogP contribution in [0.1, 0.15) is 24.8 Å². The number of hydrogen-bond acceptors (Lipinski definition) is 4. The molecule has 0 unspecified atom stereocenters. The predicted octanol–water partition coefficient (Wildman–Crippen LogP) is 1.05. The molecule has 1 aliphatic heterocycles. The molecule has 1 aromatic heterocycles. The number of pyridine rings is 1. The van der Waals surface area contributed by atoms with Crippen molar-refractivity contribution in [2.24, 2.45) is 11.7 Å². The summed E-state index contributed by atoms with van der Waals surface area (Å²) in [5.41, 5.74) is 5.78. The van der Waals surface area contributed by atoms with Gasteiger partial charge in [0.2, 0.25) is 5.91 Å². The summed E-state index contributed by atoms with van der Waals surface area (Å²) in [4.78, 5) is 17.3. The highest BCUT2D eigenvalue weighted by atomic mass is 16.1. The second kappa shape index (κ2) is 5.50. The second-order valence-electron chi connectivity index (χ2n) is 4.62. The lowest BCUT2D eigenvalue weighted by atomic mass is 9.93. The van der Waals surface area contributed by atoms with Crippen molar-refractivity contribution < 1.29 is 4.79 Å². The Bertz CT molecular complexity index is 455. The number of nitrogens with two attached hydrogens (primary N) is 1. The Labute approximate surface area is 106 Å². The van der Waals surface area contributed by atoms with Crippen LogP contribution in [0.25, 0.3) is 0 Å². The van der Waals surface area contributed by atoms with Crippen molar-refractivity contribution in [2.45, 2.75) is 19.3 Å². The average Bonchev–Trinajstić information content (AvgIpc) is 2.39. The van der Waals surface area contributed by atoms with Crippen LogP contribution >= 0.6 is 0 Å². The minimum atomic E-state index is -0.218. The number of carbonyl (C=O) groups is 1. The number of piperidine rings is 1. The third-order valence-corrected chi connectivity index (χ3v) is 3.31. The lowest BCUT2D eigenvalue weighted by Crippen LogP contribution is -2.35. The van der Waals surface area contributed by atoms with Crippen molar-refractivity contribution in [3.8, 4) is 6.07 Å². The number of aromatic nitrogens is 1. The van der Waals surface area contributed by atoms with Crippen molar-refractivity contribution in [1.29, 1.82) is 5.26 Å². The van der Waals surface area contributed by atoms with Crippen LogP contribution in [0, 0.1) is 17.2 Å². The van der Waals surface area contributed by atoms with Gasteiger partial charge >= 0.3 is 0 Å². The van der Waals surface area contributed by atoms with Gasteiger partial charge in [0.25, 0.3) is 0 Å². The smallest absolute Gasteiger partial charge is 0.217 e. The molecular weight excluding hydrogens is 228 g/mol. The number of rotatable bonds is 3. The maximum atomic E-state index is 10.9. The molecule has 0 bridgehead atoms. The normalized spacial score (nSPS) is 16.3. The molecule has 0 aliphatic carbocycles. The standard InChI is InChI=1S/C13H16N4O/c14-8-11-1-2-13(16-9-11)17-5-3-10(4-6-17)7-12(15)18/h1-2,9-10H,3-7H2,(H2,15,18). The first-order chi connectivity index (χ1) is 8.69. The average molecular weight is 244 g/mol. The highest BCUT2D eigenvalue weighted by molar-refractivity contribution is 5.74. The van der Waals surface area contributed by atoms with Crippen LogP contribution in [0.5, 0.6) is 0 Å². The molecule has 1 aliphatic rings. The minimum Gasteiger partial charge on any atom is -0.370 e. The molecule has 0 aromatic carbocycles. The minimum absolute atomic E-state index is 0.218. The van der Waals surface area contributed by atoms with E-state index in [0.717, 1.165) is 31.7 Å². The molecular formula is C13H16N4O. The molecule has 1 amide bonds. The van der Waals surface area contributed by atoms with E-state index in [4.69, 9.17) is 11.0 Å². The lowest BCUT2D eigenvalue weighted by Gasteiger charge is -2.32. The SMILES string of the molecule is N#Cc1ccc(N2CCC(CC(N)=O)CC2)nc1. The summed E-state index contributed by atoms with van der Waals surface area (Å²) in [5.74, 6) is 1.08. The fourth-order valence-electron chi connectivity index (χ4n) is 2.29. The van der Waals surface area contributed by atoms with Crippen LogP contribution in [-0.4, -0.2) is 24.0 Å². The van der Waals surface area contributed by atoms with Crippen LogP contribution in [-0.2, 0) is 4.79 Å². The molecule has 94 valence electrons. The van der Waals surface area contributed by atoms with E-state index < -0.39 is 0 Å². The van der Waals surface area contributed by atoms with Crippen LogP contribution in [0.2, 0.25) is 0 Å². The van der Waals surface area contributed by atoms with E-state index >= 15 is 0 Å². The molecule has 18 heavy (non-hydrogen) atoms. The number of nitrogens with zero attached hydrogens (tertiary/aromatic N) is 3. The summed E-state index contributed by atoms with van der Waals surface area (Å²) >= 11 is 0. The van der Waals surface area contributed by atoms with E-state index in [1.807, 2.05) is 6.07 Å². The van der Waals surface area contributed by atoms with Crippen molar-refractivity contribution >= 4 is 11.7 Å². The van der Waals surface area contributed by atoms with E-state index in [1.165, 1.54) is 0 Å². The fraction of sp³-hybridized carbons (Fsp3) is 0.462. The van der Waals surface area contributed by atoms with E-state index in [0.29, 0.717) is 17.9 Å². The molecule has 0 radical (unpaired) electrons. The largest absolute Gasteiger partial charge is 0.370 e. The molecule has 5 nitrogen and oxygen atoms in total. The van der Waals surface area contributed by atoms with Gasteiger partial charge in [-0.15, -0.1) is 0 Å². The van der Waals surface area contributed by atoms with Gasteiger partial charge < -0.3 is 10.6 Å². The maximum absolute atomic E-state index is 10.9. The molecule has 2 rings (SSSR count). The first-order valence-corrected chi connectivity index (χ1v) is 6.08. The molecule has 1 aromatic rings. The van der Waals surface area contributed by atoms with Gasteiger partial charge in [-0.1, -0.05) is 0 Å². The van der Waals surface area contributed by atoms with Gasteiger partial charge in [-0.2, -0.15) is 5.26 Å². The van der Waals surface area contributed by atoms with Gasteiger partial charge in [0, 0.05) is 25.7 Å². The monoisotopic (exact) mass is 244 g/mol. The third-order valence-electron chi connectivity index (χ3n) is 3.31. The molecule has 2 heterocycles. The van der Waals surface area contributed by atoms with E-state index in [9.17, 15) is 4.79 Å². The Morgan fingerprint density at radius 3 is 2.72 bits per heavy atom. The number of carbonyl (C=O) groups excluding carboxylic acids is 1. The van der Waals surface area contributed by atoms with E-state index in [2.05, 4.69) is 16.0 Å². The number of amides is 1. The summed E-state index contributed by atoms with van der Waals surface area (Å²) in [5, 5.41) is 8.71. The maximum Gasteiger partial charge on any atom is 0.217 e. The van der Waals surface area contributed by atoms with Gasteiger partial charge in [0.1, 0.15) is 11.9 Å². The molecule has 0 spiro atoms. The summed E-state index contributed by atoms with van der Waals surface area (Å²) in [6.07, 6.45) is 3.99. The Morgan fingerprint density at radius 1 is 1.50 bits per heavy atom.